The second kappa shape index (κ2) is 6.39. The molecule has 0 aliphatic carbocycles. The monoisotopic (exact) mass is 286 g/mol. The molecule has 0 saturated carbocycles. The van der Waals surface area contributed by atoms with Crippen molar-refractivity contribution in [1.82, 2.24) is 5.32 Å². The molecular weight excluding hydrogens is 267 g/mol. The van der Waals surface area contributed by atoms with Crippen LogP contribution in [0.25, 0.3) is 0 Å². The number of hydrogen-bond acceptors (Lipinski definition) is 1. The number of rotatable bonds is 3. The quantitative estimate of drug-likeness (QED) is 0.866. The topological polar surface area (TPSA) is 41.1 Å². The summed E-state index contributed by atoms with van der Waals surface area (Å²) in [6.07, 6.45) is 0. The van der Waals surface area contributed by atoms with Crippen molar-refractivity contribution < 1.29 is 9.18 Å². The van der Waals surface area contributed by atoms with Crippen molar-refractivity contribution in [3.63, 3.8) is 0 Å². The number of carbonyl (C=O) groups excluding carboxylic acids is 1. The van der Waals surface area contributed by atoms with Crippen molar-refractivity contribution in [3.8, 4) is 0 Å². The summed E-state index contributed by atoms with van der Waals surface area (Å²) in [5.41, 5.74) is 3.18. The van der Waals surface area contributed by atoms with E-state index in [9.17, 15) is 9.18 Å². The zero-order chi connectivity index (χ0) is 15.4. The fourth-order valence-corrected chi connectivity index (χ4v) is 1.97. The van der Waals surface area contributed by atoms with Gasteiger partial charge in [-0.1, -0.05) is 35.9 Å². The molecule has 0 spiro atoms. The van der Waals surface area contributed by atoms with Crippen LogP contribution in [0.3, 0.4) is 0 Å². The number of hydrogen-bond donors (Lipinski definition) is 2. The van der Waals surface area contributed by atoms with Crippen LogP contribution in [0.15, 0.2) is 42.5 Å². The molecule has 0 aliphatic heterocycles. The van der Waals surface area contributed by atoms with Gasteiger partial charge < -0.3 is 10.6 Å². The Balaban J connectivity index is 1.97. The van der Waals surface area contributed by atoms with E-state index in [-0.39, 0.29) is 17.9 Å². The maximum atomic E-state index is 13.4. The summed E-state index contributed by atoms with van der Waals surface area (Å²) in [5, 5.41) is 5.46. The first-order valence-corrected chi connectivity index (χ1v) is 6.86. The predicted molar refractivity (Wildman–Crippen MR) is 82.9 cm³/mol. The lowest BCUT2D eigenvalue weighted by Crippen LogP contribution is -2.31. The van der Waals surface area contributed by atoms with E-state index in [4.69, 9.17) is 0 Å². The normalized spacial score (nSPS) is 11.8. The van der Waals surface area contributed by atoms with Gasteiger partial charge in [0.05, 0.1) is 6.04 Å². The minimum absolute atomic E-state index is 0.124. The Morgan fingerprint density at radius 2 is 1.76 bits per heavy atom. The molecule has 21 heavy (non-hydrogen) atoms. The SMILES string of the molecule is Cc1ccc([C@@H](C)NC(=O)Nc2ccc(C)c(F)c2)cc1. The number of urea groups is 1. The molecule has 0 aromatic heterocycles. The molecule has 110 valence electrons. The number of nitrogens with one attached hydrogen (secondary N) is 2. The van der Waals surface area contributed by atoms with Crippen molar-refractivity contribution in [1.29, 1.82) is 0 Å². The molecule has 0 bridgehead atoms. The van der Waals surface area contributed by atoms with E-state index in [0.29, 0.717) is 11.3 Å². The van der Waals surface area contributed by atoms with Crippen LogP contribution in [-0.2, 0) is 0 Å². The van der Waals surface area contributed by atoms with E-state index in [1.165, 1.54) is 11.6 Å². The number of anilines is 1. The van der Waals surface area contributed by atoms with Gasteiger partial charge in [0.25, 0.3) is 0 Å². The maximum Gasteiger partial charge on any atom is 0.319 e. The Hall–Kier alpha value is -2.36. The van der Waals surface area contributed by atoms with E-state index in [2.05, 4.69) is 10.6 Å². The van der Waals surface area contributed by atoms with E-state index < -0.39 is 0 Å². The molecule has 0 heterocycles. The summed E-state index contributed by atoms with van der Waals surface area (Å²) in [7, 11) is 0. The highest BCUT2D eigenvalue weighted by molar-refractivity contribution is 5.89. The summed E-state index contributed by atoms with van der Waals surface area (Å²) < 4.78 is 13.4. The number of benzene rings is 2. The van der Waals surface area contributed by atoms with Gasteiger partial charge in [-0.15, -0.1) is 0 Å². The van der Waals surface area contributed by atoms with Crippen LogP contribution in [0, 0.1) is 19.7 Å². The molecule has 0 aliphatic rings. The first-order valence-electron chi connectivity index (χ1n) is 6.86. The second-order valence-corrected chi connectivity index (χ2v) is 5.19. The Morgan fingerprint density at radius 3 is 2.38 bits per heavy atom. The summed E-state index contributed by atoms with van der Waals surface area (Å²) in [6.45, 7) is 5.60. The highest BCUT2D eigenvalue weighted by Gasteiger charge is 2.10. The molecule has 0 radical (unpaired) electrons. The van der Waals surface area contributed by atoms with Crippen LogP contribution in [0.5, 0.6) is 0 Å². The zero-order valence-electron chi connectivity index (χ0n) is 12.4. The first-order chi connectivity index (χ1) is 9.95. The van der Waals surface area contributed by atoms with Gasteiger partial charge in [-0.2, -0.15) is 0 Å². The third-order valence-electron chi connectivity index (χ3n) is 3.35. The first kappa shape index (κ1) is 15.0. The third-order valence-corrected chi connectivity index (χ3v) is 3.35. The Bertz CT molecular complexity index is 638. The zero-order valence-corrected chi connectivity index (χ0v) is 12.4. The molecule has 2 N–H and O–H groups in total. The second-order valence-electron chi connectivity index (χ2n) is 5.19. The van der Waals surface area contributed by atoms with Crippen molar-refractivity contribution >= 4 is 11.7 Å². The van der Waals surface area contributed by atoms with Gasteiger partial charge in [-0.05, 0) is 44.0 Å². The predicted octanol–water partition coefficient (Wildman–Crippen LogP) is 4.33. The Labute approximate surface area is 124 Å². The lowest BCUT2D eigenvalue weighted by Gasteiger charge is -2.15. The highest BCUT2D eigenvalue weighted by atomic mass is 19.1. The standard InChI is InChI=1S/C17H19FN2O/c1-11-4-7-14(8-5-11)13(3)19-17(21)20-15-9-6-12(2)16(18)10-15/h4-10,13H,1-3H3,(H2,19,20,21)/t13-/m1/s1. The van der Waals surface area contributed by atoms with Crippen LogP contribution >= 0.6 is 0 Å². The third kappa shape index (κ3) is 4.05. The molecule has 4 heteroatoms. The molecule has 0 saturated heterocycles. The highest BCUT2D eigenvalue weighted by Crippen LogP contribution is 2.15. The smallest absolute Gasteiger partial charge is 0.319 e. The number of amides is 2. The van der Waals surface area contributed by atoms with E-state index in [0.717, 1.165) is 5.56 Å². The van der Waals surface area contributed by atoms with E-state index in [1.54, 1.807) is 19.1 Å². The average molecular weight is 286 g/mol. The van der Waals surface area contributed by atoms with Crippen molar-refractivity contribution in [2.24, 2.45) is 0 Å². The molecule has 3 nitrogen and oxygen atoms in total. The fraction of sp³-hybridized carbons (Fsp3) is 0.235. The minimum atomic E-state index is -0.355. The van der Waals surface area contributed by atoms with Crippen LogP contribution in [0.2, 0.25) is 0 Å². The minimum Gasteiger partial charge on any atom is -0.331 e. The summed E-state index contributed by atoms with van der Waals surface area (Å²) in [4.78, 5) is 11.9. The molecule has 1 atom stereocenters. The summed E-state index contributed by atoms with van der Waals surface area (Å²) in [5.74, 6) is -0.334. The molecule has 0 unspecified atom stereocenters. The van der Waals surface area contributed by atoms with E-state index >= 15 is 0 Å². The van der Waals surface area contributed by atoms with Crippen molar-refractivity contribution in [2.75, 3.05) is 5.32 Å². The molecule has 2 aromatic rings. The van der Waals surface area contributed by atoms with Crippen LogP contribution in [-0.4, -0.2) is 6.03 Å². The molecule has 0 fully saturated rings. The Morgan fingerprint density at radius 1 is 1.10 bits per heavy atom. The average Bonchev–Trinajstić information content (AvgIpc) is 2.43. The Kier molecular flexibility index (Phi) is 4.58. The van der Waals surface area contributed by atoms with Gasteiger partial charge in [0.2, 0.25) is 0 Å². The summed E-state index contributed by atoms with van der Waals surface area (Å²) in [6, 6.07) is 12.1. The van der Waals surface area contributed by atoms with Crippen molar-refractivity contribution in [2.45, 2.75) is 26.8 Å². The maximum absolute atomic E-state index is 13.4. The number of aryl methyl sites for hydroxylation is 2. The molecule has 2 aromatic carbocycles. The van der Waals surface area contributed by atoms with Gasteiger partial charge in [-0.25, -0.2) is 9.18 Å². The van der Waals surface area contributed by atoms with Gasteiger partial charge in [0, 0.05) is 5.69 Å². The van der Waals surface area contributed by atoms with Gasteiger partial charge in [-0.3, -0.25) is 0 Å². The van der Waals surface area contributed by atoms with Crippen LogP contribution in [0.4, 0.5) is 14.9 Å². The van der Waals surface area contributed by atoms with E-state index in [1.807, 2.05) is 38.1 Å². The van der Waals surface area contributed by atoms with Gasteiger partial charge in [0.15, 0.2) is 0 Å². The molecular formula is C17H19FN2O. The van der Waals surface area contributed by atoms with Gasteiger partial charge in [0.1, 0.15) is 5.82 Å². The van der Waals surface area contributed by atoms with Gasteiger partial charge >= 0.3 is 6.03 Å². The number of halogens is 1. The largest absolute Gasteiger partial charge is 0.331 e. The lowest BCUT2D eigenvalue weighted by atomic mass is 10.1. The molecule has 2 rings (SSSR count). The molecule has 2 amide bonds. The van der Waals surface area contributed by atoms with Crippen LogP contribution in [0.1, 0.15) is 29.7 Å². The fourth-order valence-electron chi connectivity index (χ4n) is 1.97. The van der Waals surface area contributed by atoms with Crippen LogP contribution < -0.4 is 10.6 Å². The summed E-state index contributed by atoms with van der Waals surface area (Å²) >= 11 is 0. The van der Waals surface area contributed by atoms with Crippen molar-refractivity contribution in [3.05, 3.63) is 65.0 Å². The number of carbonyl (C=O) groups is 1. The lowest BCUT2D eigenvalue weighted by molar-refractivity contribution is 0.249.